The van der Waals surface area contributed by atoms with E-state index in [1.165, 1.54) is 12.1 Å². The topological polar surface area (TPSA) is 32.8 Å². The Labute approximate surface area is 179 Å². The molecule has 0 atom stereocenters. The molecule has 31 heavy (non-hydrogen) atoms. The van der Waals surface area contributed by atoms with Crippen molar-refractivity contribution in [2.75, 3.05) is 24.5 Å². The van der Waals surface area contributed by atoms with Gasteiger partial charge in [-0.3, -0.25) is 9.80 Å². The number of likely N-dealkylation sites (tertiary alicyclic amines) is 1. The smallest absolute Gasteiger partial charge is 0.416 e. The molecule has 2 aliphatic heterocycles. The van der Waals surface area contributed by atoms with E-state index in [2.05, 4.69) is 4.90 Å². The number of hydrogen-bond donors (Lipinski definition) is 0. The predicted molar refractivity (Wildman–Crippen MR) is 111 cm³/mol. The van der Waals surface area contributed by atoms with Crippen LogP contribution in [0.2, 0.25) is 0 Å². The van der Waals surface area contributed by atoms with Crippen LogP contribution in [0.1, 0.15) is 48.3 Å². The summed E-state index contributed by atoms with van der Waals surface area (Å²) in [6.07, 6.45) is -1.20. The first-order valence-electron chi connectivity index (χ1n) is 10.8. The van der Waals surface area contributed by atoms with Gasteiger partial charge in [0.15, 0.2) is 0 Å². The second-order valence-corrected chi connectivity index (χ2v) is 8.93. The average Bonchev–Trinajstić information content (AvgIpc) is 3.54. The van der Waals surface area contributed by atoms with Crippen molar-refractivity contribution in [2.24, 2.45) is 0 Å². The molecule has 5 rings (SSSR count). The van der Waals surface area contributed by atoms with Gasteiger partial charge in [0.1, 0.15) is 5.60 Å². The number of carbonyl (C=O) groups excluding carboxylic acids is 1. The molecule has 2 saturated heterocycles. The molecule has 0 unspecified atom stereocenters. The van der Waals surface area contributed by atoms with Gasteiger partial charge in [-0.2, -0.15) is 13.2 Å². The van der Waals surface area contributed by atoms with Crippen molar-refractivity contribution in [1.82, 2.24) is 4.90 Å². The molecule has 0 radical (unpaired) electrons. The zero-order valence-corrected chi connectivity index (χ0v) is 17.2. The number of piperidine rings is 1. The van der Waals surface area contributed by atoms with Gasteiger partial charge >= 0.3 is 12.3 Å². The zero-order valence-electron chi connectivity index (χ0n) is 17.2. The minimum absolute atomic E-state index is 0.325. The minimum atomic E-state index is -4.33. The van der Waals surface area contributed by atoms with Crippen LogP contribution in [0.3, 0.4) is 0 Å². The molecule has 1 spiro atoms. The Hall–Kier alpha value is -2.54. The Bertz CT molecular complexity index is 965. The second-order valence-electron chi connectivity index (χ2n) is 8.93. The van der Waals surface area contributed by atoms with Gasteiger partial charge in [-0.15, -0.1) is 0 Å². The van der Waals surface area contributed by atoms with E-state index in [9.17, 15) is 18.0 Å². The van der Waals surface area contributed by atoms with Crippen molar-refractivity contribution in [3.05, 3.63) is 65.2 Å². The third-order valence-corrected chi connectivity index (χ3v) is 6.69. The predicted octanol–water partition coefficient (Wildman–Crippen LogP) is 5.57. The summed E-state index contributed by atoms with van der Waals surface area (Å²) in [5.74, 6) is 0.392. The van der Waals surface area contributed by atoms with Crippen LogP contribution in [0.4, 0.5) is 23.7 Å². The first-order valence-corrected chi connectivity index (χ1v) is 10.8. The summed E-state index contributed by atoms with van der Waals surface area (Å²) in [4.78, 5) is 16.3. The first-order chi connectivity index (χ1) is 14.8. The molecular weight excluding hydrogens is 405 g/mol. The molecule has 0 bridgehead atoms. The van der Waals surface area contributed by atoms with Crippen LogP contribution in [-0.2, 0) is 17.5 Å². The van der Waals surface area contributed by atoms with E-state index in [0.29, 0.717) is 44.9 Å². The largest absolute Gasteiger partial charge is 0.441 e. The van der Waals surface area contributed by atoms with E-state index >= 15 is 0 Å². The lowest BCUT2D eigenvalue weighted by molar-refractivity contribution is -0.137. The number of para-hydroxylation sites is 1. The summed E-state index contributed by atoms with van der Waals surface area (Å²) >= 11 is 0. The molecule has 164 valence electrons. The second kappa shape index (κ2) is 7.55. The molecule has 3 aliphatic rings. The summed E-state index contributed by atoms with van der Waals surface area (Å²) in [7, 11) is 0. The van der Waals surface area contributed by atoms with Gasteiger partial charge in [-0.1, -0.05) is 24.3 Å². The normalized spacial score (nSPS) is 21.5. The minimum Gasteiger partial charge on any atom is -0.441 e. The van der Waals surface area contributed by atoms with Gasteiger partial charge < -0.3 is 4.74 Å². The highest BCUT2D eigenvalue weighted by molar-refractivity contribution is 5.90. The number of nitrogens with zero attached hydrogens (tertiary/aromatic N) is 2. The van der Waals surface area contributed by atoms with E-state index in [1.54, 1.807) is 11.0 Å². The molecule has 3 fully saturated rings. The molecule has 2 aromatic carbocycles. The lowest BCUT2D eigenvalue weighted by Gasteiger charge is -2.37. The molecule has 2 heterocycles. The highest BCUT2D eigenvalue weighted by atomic mass is 19.4. The molecule has 1 aliphatic carbocycles. The first kappa shape index (κ1) is 20.4. The Balaban J connectivity index is 1.27. The van der Waals surface area contributed by atoms with Crippen LogP contribution >= 0.6 is 0 Å². The fourth-order valence-corrected chi connectivity index (χ4v) is 4.76. The lowest BCUT2D eigenvalue weighted by atomic mass is 9.90. The molecule has 0 N–H and O–H groups in total. The van der Waals surface area contributed by atoms with Gasteiger partial charge in [0.05, 0.1) is 12.1 Å². The third kappa shape index (κ3) is 4.15. The monoisotopic (exact) mass is 430 g/mol. The van der Waals surface area contributed by atoms with Crippen molar-refractivity contribution in [3.8, 4) is 0 Å². The molecule has 1 amide bonds. The van der Waals surface area contributed by atoms with E-state index in [-0.39, 0.29) is 6.09 Å². The van der Waals surface area contributed by atoms with Crippen molar-refractivity contribution in [2.45, 2.75) is 49.9 Å². The molecule has 4 nitrogen and oxygen atoms in total. The van der Waals surface area contributed by atoms with E-state index in [0.717, 1.165) is 29.7 Å². The third-order valence-electron chi connectivity index (χ3n) is 6.69. The fraction of sp³-hybridized carbons (Fsp3) is 0.458. The van der Waals surface area contributed by atoms with Gasteiger partial charge in [-0.05, 0) is 54.2 Å². The van der Waals surface area contributed by atoms with Gasteiger partial charge in [-0.25, -0.2) is 4.79 Å². The SMILES string of the molecule is O=C1OC2(CCN(Cc3cc(C(F)(F)F)ccc3C3CC3)CC2)CN1c1ccccc1. The summed E-state index contributed by atoms with van der Waals surface area (Å²) < 4.78 is 45.5. The molecule has 2 aromatic rings. The molecule has 7 heteroatoms. The maximum atomic E-state index is 13.2. The quantitative estimate of drug-likeness (QED) is 0.635. The average molecular weight is 430 g/mol. The highest BCUT2D eigenvalue weighted by Gasteiger charge is 2.47. The Morgan fingerprint density at radius 3 is 2.39 bits per heavy atom. The summed E-state index contributed by atoms with van der Waals surface area (Å²) in [5, 5.41) is 0. The van der Waals surface area contributed by atoms with Crippen LogP contribution in [0, 0.1) is 0 Å². The number of benzene rings is 2. The number of carbonyl (C=O) groups is 1. The van der Waals surface area contributed by atoms with Gasteiger partial charge in [0, 0.05) is 38.2 Å². The van der Waals surface area contributed by atoms with Crippen molar-refractivity contribution in [1.29, 1.82) is 0 Å². The van der Waals surface area contributed by atoms with E-state index in [1.807, 2.05) is 30.3 Å². The van der Waals surface area contributed by atoms with Crippen molar-refractivity contribution in [3.63, 3.8) is 0 Å². The number of halogens is 3. The highest BCUT2D eigenvalue weighted by Crippen LogP contribution is 2.44. The lowest BCUT2D eigenvalue weighted by Crippen LogP contribution is -2.46. The van der Waals surface area contributed by atoms with Crippen LogP contribution in [-0.4, -0.2) is 36.2 Å². The van der Waals surface area contributed by atoms with Crippen LogP contribution < -0.4 is 4.90 Å². The van der Waals surface area contributed by atoms with E-state index in [4.69, 9.17) is 4.74 Å². The van der Waals surface area contributed by atoms with Gasteiger partial charge in [0.2, 0.25) is 0 Å². The molecular formula is C24H25F3N2O2. The summed E-state index contributed by atoms with van der Waals surface area (Å²) in [6, 6.07) is 13.7. The number of ether oxygens (including phenoxy) is 1. The van der Waals surface area contributed by atoms with E-state index < -0.39 is 17.3 Å². The number of alkyl halides is 3. The summed E-state index contributed by atoms with van der Waals surface area (Å²) in [5.41, 5.74) is 1.56. The molecule has 0 aromatic heterocycles. The standard InChI is InChI=1S/C24H25F3N2O2/c25-24(26,27)19-8-9-21(17-6-7-17)18(14-19)15-28-12-10-23(11-13-28)16-29(22(30)31-23)20-4-2-1-3-5-20/h1-5,8-9,14,17H,6-7,10-13,15-16H2. The van der Waals surface area contributed by atoms with Crippen LogP contribution in [0.5, 0.6) is 0 Å². The van der Waals surface area contributed by atoms with Crippen LogP contribution in [0.15, 0.2) is 48.5 Å². The van der Waals surface area contributed by atoms with Crippen molar-refractivity contribution >= 4 is 11.8 Å². The Morgan fingerprint density at radius 1 is 1.03 bits per heavy atom. The maximum absolute atomic E-state index is 13.2. The number of rotatable bonds is 4. The molecule has 1 saturated carbocycles. The van der Waals surface area contributed by atoms with Crippen molar-refractivity contribution < 1.29 is 22.7 Å². The Morgan fingerprint density at radius 2 is 1.74 bits per heavy atom. The van der Waals surface area contributed by atoms with Gasteiger partial charge in [0.25, 0.3) is 0 Å². The maximum Gasteiger partial charge on any atom is 0.416 e. The zero-order chi connectivity index (χ0) is 21.6. The summed E-state index contributed by atoms with van der Waals surface area (Å²) in [6.45, 7) is 2.40. The number of anilines is 1. The number of amides is 1. The number of hydrogen-bond acceptors (Lipinski definition) is 3. The van der Waals surface area contributed by atoms with Crippen LogP contribution in [0.25, 0.3) is 0 Å². The Kier molecular flexibility index (Phi) is 4.96. The fourth-order valence-electron chi connectivity index (χ4n) is 4.76.